The van der Waals surface area contributed by atoms with Crippen LogP contribution in [0.5, 0.6) is 0 Å². The van der Waals surface area contributed by atoms with Gasteiger partial charge in [0.1, 0.15) is 0 Å². The van der Waals surface area contributed by atoms with Gasteiger partial charge in [0.25, 0.3) is 0 Å². The van der Waals surface area contributed by atoms with Crippen LogP contribution in [0.4, 0.5) is 0 Å². The second kappa shape index (κ2) is 3.10. The summed E-state index contributed by atoms with van der Waals surface area (Å²) in [6, 6.07) is 0. The number of piperidine rings is 3. The monoisotopic (exact) mass is 191 g/mol. The Balaban J connectivity index is 1.88. The second-order valence-corrected chi connectivity index (χ2v) is 5.86. The Morgan fingerprint density at radius 2 is 1.79 bits per heavy atom. The van der Waals surface area contributed by atoms with Crippen LogP contribution in [-0.2, 0) is 0 Å². The van der Waals surface area contributed by atoms with Gasteiger partial charge in [-0.15, -0.1) is 0 Å². The molecule has 14 heavy (non-hydrogen) atoms. The van der Waals surface area contributed by atoms with E-state index in [2.05, 4.69) is 24.8 Å². The number of allylic oxidation sites excluding steroid dienone is 1. The molecule has 1 heteroatoms. The summed E-state index contributed by atoms with van der Waals surface area (Å²) in [5.74, 6) is 3.65. The van der Waals surface area contributed by atoms with Crippen molar-refractivity contribution in [3.8, 4) is 0 Å². The largest absolute Gasteiger partial charge is 0.302 e. The molecule has 78 valence electrons. The van der Waals surface area contributed by atoms with E-state index in [0.717, 1.165) is 23.7 Å². The van der Waals surface area contributed by atoms with Crippen molar-refractivity contribution in [2.24, 2.45) is 23.7 Å². The molecule has 1 aliphatic carbocycles. The Kier molecular flexibility index (Phi) is 1.98. The summed E-state index contributed by atoms with van der Waals surface area (Å²) in [7, 11) is 0. The maximum atomic E-state index is 2.70. The van der Waals surface area contributed by atoms with Gasteiger partial charge >= 0.3 is 0 Å². The topological polar surface area (TPSA) is 3.24 Å². The SMILES string of the molecule is CC(C)C=C1C2CC3CC1CN(C3)C2. The zero-order valence-corrected chi connectivity index (χ0v) is 9.37. The van der Waals surface area contributed by atoms with E-state index in [1.54, 1.807) is 0 Å². The normalized spacial score (nSPS) is 44.9. The average molecular weight is 191 g/mol. The molecule has 0 amide bonds. The Morgan fingerprint density at radius 3 is 2.29 bits per heavy atom. The fraction of sp³-hybridized carbons (Fsp3) is 0.846. The minimum absolute atomic E-state index is 0.748. The predicted octanol–water partition coefficient (Wildman–Crippen LogP) is 2.54. The summed E-state index contributed by atoms with van der Waals surface area (Å²) >= 11 is 0. The van der Waals surface area contributed by atoms with Crippen molar-refractivity contribution in [1.82, 2.24) is 4.90 Å². The van der Waals surface area contributed by atoms with Gasteiger partial charge in [0.2, 0.25) is 0 Å². The Labute approximate surface area is 87.2 Å². The van der Waals surface area contributed by atoms with Gasteiger partial charge in [0.15, 0.2) is 0 Å². The number of hydrogen-bond donors (Lipinski definition) is 0. The van der Waals surface area contributed by atoms with Crippen molar-refractivity contribution in [2.75, 3.05) is 19.6 Å². The van der Waals surface area contributed by atoms with Gasteiger partial charge in [-0.1, -0.05) is 25.5 Å². The molecule has 2 atom stereocenters. The van der Waals surface area contributed by atoms with E-state index in [-0.39, 0.29) is 0 Å². The van der Waals surface area contributed by atoms with Gasteiger partial charge in [0, 0.05) is 19.6 Å². The molecule has 1 saturated carbocycles. The number of rotatable bonds is 1. The van der Waals surface area contributed by atoms with E-state index in [9.17, 15) is 0 Å². The van der Waals surface area contributed by atoms with Gasteiger partial charge in [0.05, 0.1) is 0 Å². The molecule has 4 aliphatic rings. The standard InChI is InChI=1S/C13H21N/c1-9(2)3-13-11-4-10-5-12(13)8-14(6-10)7-11/h3,9-12H,4-8H2,1-2H3. The third kappa shape index (κ3) is 1.33. The number of nitrogens with zero attached hydrogens (tertiary/aromatic N) is 1. The molecule has 0 spiro atoms. The molecule has 4 bridgehead atoms. The lowest BCUT2D eigenvalue weighted by atomic mass is 9.65. The first kappa shape index (κ1) is 8.96. The smallest absolute Gasteiger partial charge is 0.00476 e. The van der Waals surface area contributed by atoms with Crippen LogP contribution in [0.3, 0.4) is 0 Å². The zero-order chi connectivity index (χ0) is 9.71. The molecule has 0 aromatic carbocycles. The molecule has 0 aromatic rings. The van der Waals surface area contributed by atoms with Crippen LogP contribution in [0.2, 0.25) is 0 Å². The molecule has 0 N–H and O–H groups in total. The molecule has 3 saturated heterocycles. The predicted molar refractivity (Wildman–Crippen MR) is 59.1 cm³/mol. The molecular formula is C13H21N. The maximum Gasteiger partial charge on any atom is 0.00476 e. The summed E-state index contributed by atoms with van der Waals surface area (Å²) in [5, 5.41) is 0. The summed E-state index contributed by atoms with van der Waals surface area (Å²) < 4.78 is 0. The van der Waals surface area contributed by atoms with Crippen molar-refractivity contribution in [1.29, 1.82) is 0 Å². The maximum absolute atomic E-state index is 2.70. The highest BCUT2D eigenvalue weighted by molar-refractivity contribution is 5.21. The first-order chi connectivity index (χ1) is 6.72. The number of hydrogen-bond acceptors (Lipinski definition) is 1. The van der Waals surface area contributed by atoms with E-state index < -0.39 is 0 Å². The van der Waals surface area contributed by atoms with Crippen LogP contribution in [0.15, 0.2) is 11.6 Å². The van der Waals surface area contributed by atoms with Gasteiger partial charge < -0.3 is 4.90 Å². The Bertz CT molecular complexity index is 234. The molecule has 3 aliphatic heterocycles. The third-order valence-electron chi connectivity index (χ3n) is 4.18. The van der Waals surface area contributed by atoms with Crippen LogP contribution >= 0.6 is 0 Å². The van der Waals surface area contributed by atoms with Crippen LogP contribution in [-0.4, -0.2) is 24.5 Å². The molecule has 1 nitrogen and oxygen atoms in total. The van der Waals surface area contributed by atoms with Crippen LogP contribution in [0.1, 0.15) is 26.7 Å². The summed E-state index contributed by atoms with van der Waals surface area (Å²) in [6.07, 6.45) is 5.55. The molecule has 0 radical (unpaired) electrons. The van der Waals surface area contributed by atoms with E-state index in [1.807, 2.05) is 5.57 Å². The van der Waals surface area contributed by atoms with E-state index in [1.165, 1.54) is 32.5 Å². The van der Waals surface area contributed by atoms with Crippen molar-refractivity contribution in [2.45, 2.75) is 26.7 Å². The van der Waals surface area contributed by atoms with Crippen molar-refractivity contribution in [3.05, 3.63) is 11.6 Å². The lowest BCUT2D eigenvalue weighted by Gasteiger charge is -2.53. The quantitative estimate of drug-likeness (QED) is 0.576. The molecule has 2 unspecified atom stereocenters. The lowest BCUT2D eigenvalue weighted by Crippen LogP contribution is -2.54. The fourth-order valence-electron chi connectivity index (χ4n) is 3.88. The lowest BCUT2D eigenvalue weighted by molar-refractivity contribution is 0.0243. The van der Waals surface area contributed by atoms with Crippen LogP contribution in [0.25, 0.3) is 0 Å². The van der Waals surface area contributed by atoms with Gasteiger partial charge in [-0.2, -0.15) is 0 Å². The highest BCUT2D eigenvalue weighted by Gasteiger charge is 2.43. The van der Waals surface area contributed by atoms with Gasteiger partial charge in [-0.3, -0.25) is 0 Å². The highest BCUT2D eigenvalue weighted by Crippen LogP contribution is 2.46. The molecule has 0 aromatic heterocycles. The van der Waals surface area contributed by atoms with Crippen LogP contribution < -0.4 is 0 Å². The summed E-state index contributed by atoms with van der Waals surface area (Å²) in [4.78, 5) is 2.70. The highest BCUT2D eigenvalue weighted by atomic mass is 15.2. The van der Waals surface area contributed by atoms with Gasteiger partial charge in [-0.25, -0.2) is 0 Å². The van der Waals surface area contributed by atoms with Gasteiger partial charge in [-0.05, 0) is 36.5 Å². The van der Waals surface area contributed by atoms with E-state index in [4.69, 9.17) is 0 Å². The van der Waals surface area contributed by atoms with E-state index in [0.29, 0.717) is 0 Å². The molecule has 3 heterocycles. The minimum atomic E-state index is 0.748. The third-order valence-corrected chi connectivity index (χ3v) is 4.18. The first-order valence-electron chi connectivity index (χ1n) is 6.16. The Morgan fingerprint density at radius 1 is 1.14 bits per heavy atom. The van der Waals surface area contributed by atoms with Crippen LogP contribution in [0, 0.1) is 23.7 Å². The average Bonchev–Trinajstić information content (AvgIpc) is 2.09. The van der Waals surface area contributed by atoms with E-state index >= 15 is 0 Å². The molecule has 4 rings (SSSR count). The minimum Gasteiger partial charge on any atom is -0.302 e. The van der Waals surface area contributed by atoms with Crippen molar-refractivity contribution >= 4 is 0 Å². The van der Waals surface area contributed by atoms with Crippen molar-refractivity contribution in [3.63, 3.8) is 0 Å². The fourth-order valence-corrected chi connectivity index (χ4v) is 3.88. The zero-order valence-electron chi connectivity index (χ0n) is 9.37. The van der Waals surface area contributed by atoms with Crippen molar-refractivity contribution < 1.29 is 0 Å². The first-order valence-corrected chi connectivity index (χ1v) is 6.16. The second-order valence-electron chi connectivity index (χ2n) is 5.86. The molecular weight excluding hydrogens is 170 g/mol. The Hall–Kier alpha value is -0.300. The summed E-state index contributed by atoms with van der Waals surface area (Å²) in [5.41, 5.74) is 1.83. The molecule has 4 fully saturated rings. The summed E-state index contributed by atoms with van der Waals surface area (Å²) in [6.45, 7) is 8.77.